The smallest absolute Gasteiger partial charge is 0.0456 e. The van der Waals surface area contributed by atoms with Crippen molar-refractivity contribution in [2.45, 2.75) is 20.4 Å². The normalized spacial score (nSPS) is 10.6. The predicted octanol–water partition coefficient (Wildman–Crippen LogP) is 3.10. The van der Waals surface area contributed by atoms with Crippen molar-refractivity contribution in [3.63, 3.8) is 0 Å². The fourth-order valence-corrected chi connectivity index (χ4v) is 1.91. The Hall–Kier alpha value is -1.54. The molecule has 0 saturated carbocycles. The van der Waals surface area contributed by atoms with Gasteiger partial charge in [-0.25, -0.2) is 0 Å². The molecular weight excluding hydrogens is 196 g/mol. The number of benzene rings is 1. The lowest BCUT2D eigenvalue weighted by Crippen LogP contribution is -2.11. The molecule has 0 aliphatic rings. The van der Waals surface area contributed by atoms with Crippen LogP contribution in [-0.2, 0) is 6.54 Å². The minimum Gasteiger partial charge on any atom is -0.361 e. The lowest BCUT2D eigenvalue weighted by atomic mass is 10.0. The molecule has 0 unspecified atom stereocenters. The summed E-state index contributed by atoms with van der Waals surface area (Å²) in [6.45, 7) is 6.24. The highest BCUT2D eigenvalue weighted by Crippen LogP contribution is 2.22. The number of aromatic amines is 1. The monoisotopic (exact) mass is 214 g/mol. The highest BCUT2D eigenvalue weighted by molar-refractivity contribution is 5.64. The van der Waals surface area contributed by atoms with Crippen LogP contribution in [0.1, 0.15) is 18.1 Å². The van der Waals surface area contributed by atoms with Gasteiger partial charge in [0, 0.05) is 24.0 Å². The minimum atomic E-state index is 0.947. The zero-order valence-electron chi connectivity index (χ0n) is 9.88. The number of H-pyrrole nitrogens is 1. The van der Waals surface area contributed by atoms with Crippen LogP contribution in [-0.4, -0.2) is 11.5 Å². The first kappa shape index (κ1) is 11.0. The molecule has 0 spiro atoms. The zero-order chi connectivity index (χ0) is 11.4. The second-order valence-corrected chi connectivity index (χ2v) is 4.01. The molecule has 2 rings (SSSR count). The lowest BCUT2D eigenvalue weighted by molar-refractivity contribution is 0.726. The first-order valence-electron chi connectivity index (χ1n) is 5.75. The van der Waals surface area contributed by atoms with Crippen LogP contribution in [0.3, 0.4) is 0 Å². The van der Waals surface area contributed by atoms with Gasteiger partial charge in [0.05, 0.1) is 0 Å². The maximum atomic E-state index is 3.34. The topological polar surface area (TPSA) is 27.8 Å². The van der Waals surface area contributed by atoms with Gasteiger partial charge in [-0.3, -0.25) is 0 Å². The summed E-state index contributed by atoms with van der Waals surface area (Å²) in [5, 5.41) is 3.34. The highest BCUT2D eigenvalue weighted by atomic mass is 14.8. The molecule has 0 radical (unpaired) electrons. The standard InChI is InChI=1S/C14H18N2/c1-3-15-10-12-6-7-13(11(2)9-12)14-5-4-8-16-14/h4-9,15-16H,3,10H2,1-2H3. The second kappa shape index (κ2) is 4.99. The summed E-state index contributed by atoms with van der Waals surface area (Å²) in [6.07, 6.45) is 1.96. The lowest BCUT2D eigenvalue weighted by Gasteiger charge is -2.07. The summed E-state index contributed by atoms with van der Waals surface area (Å²) in [6, 6.07) is 10.8. The van der Waals surface area contributed by atoms with Gasteiger partial charge in [-0.15, -0.1) is 0 Å². The Balaban J connectivity index is 2.23. The van der Waals surface area contributed by atoms with Gasteiger partial charge >= 0.3 is 0 Å². The van der Waals surface area contributed by atoms with E-state index in [1.54, 1.807) is 0 Å². The quantitative estimate of drug-likeness (QED) is 0.804. The molecule has 2 N–H and O–H groups in total. The maximum Gasteiger partial charge on any atom is 0.0456 e. The number of aromatic nitrogens is 1. The molecule has 0 saturated heterocycles. The summed E-state index contributed by atoms with van der Waals surface area (Å²) in [5.41, 5.74) is 5.13. The molecule has 2 nitrogen and oxygen atoms in total. The van der Waals surface area contributed by atoms with Crippen LogP contribution in [0.4, 0.5) is 0 Å². The molecular formula is C14H18N2. The number of hydrogen-bond donors (Lipinski definition) is 2. The molecule has 84 valence electrons. The Morgan fingerprint density at radius 1 is 1.25 bits per heavy atom. The Labute approximate surface area is 96.7 Å². The SMILES string of the molecule is CCNCc1ccc(-c2ccc[nH]2)c(C)c1. The summed E-state index contributed by atoms with van der Waals surface area (Å²) >= 11 is 0. The second-order valence-electron chi connectivity index (χ2n) is 4.01. The van der Waals surface area contributed by atoms with Crippen molar-refractivity contribution in [1.29, 1.82) is 0 Å². The first-order chi connectivity index (χ1) is 7.81. The largest absolute Gasteiger partial charge is 0.361 e. The van der Waals surface area contributed by atoms with Crippen LogP contribution >= 0.6 is 0 Å². The molecule has 0 atom stereocenters. The fourth-order valence-electron chi connectivity index (χ4n) is 1.91. The van der Waals surface area contributed by atoms with E-state index in [2.05, 4.69) is 48.4 Å². The summed E-state index contributed by atoms with van der Waals surface area (Å²) in [7, 11) is 0. The fraction of sp³-hybridized carbons (Fsp3) is 0.286. The molecule has 1 heterocycles. The van der Waals surface area contributed by atoms with E-state index in [-0.39, 0.29) is 0 Å². The van der Waals surface area contributed by atoms with Crippen LogP contribution in [0.25, 0.3) is 11.3 Å². The van der Waals surface area contributed by atoms with Crippen molar-refractivity contribution in [2.24, 2.45) is 0 Å². The van der Waals surface area contributed by atoms with Crippen LogP contribution in [0.2, 0.25) is 0 Å². The molecule has 16 heavy (non-hydrogen) atoms. The van der Waals surface area contributed by atoms with Crippen LogP contribution in [0.15, 0.2) is 36.5 Å². The Morgan fingerprint density at radius 3 is 2.75 bits per heavy atom. The zero-order valence-corrected chi connectivity index (χ0v) is 9.88. The van der Waals surface area contributed by atoms with E-state index in [0.717, 1.165) is 13.1 Å². The van der Waals surface area contributed by atoms with E-state index in [4.69, 9.17) is 0 Å². The summed E-state index contributed by atoms with van der Waals surface area (Å²) in [5.74, 6) is 0. The third-order valence-electron chi connectivity index (χ3n) is 2.76. The Kier molecular flexibility index (Phi) is 3.42. The van der Waals surface area contributed by atoms with Gasteiger partial charge in [0.2, 0.25) is 0 Å². The van der Waals surface area contributed by atoms with E-state index >= 15 is 0 Å². The molecule has 0 bridgehead atoms. The van der Waals surface area contributed by atoms with E-state index in [1.807, 2.05) is 12.3 Å². The average molecular weight is 214 g/mol. The first-order valence-corrected chi connectivity index (χ1v) is 5.75. The minimum absolute atomic E-state index is 0.947. The molecule has 0 aliphatic heterocycles. The summed E-state index contributed by atoms with van der Waals surface area (Å²) in [4.78, 5) is 3.24. The highest BCUT2D eigenvalue weighted by Gasteiger charge is 2.02. The Bertz CT molecular complexity index is 444. The van der Waals surface area contributed by atoms with Crippen molar-refractivity contribution in [3.8, 4) is 11.3 Å². The van der Waals surface area contributed by atoms with Crippen LogP contribution in [0, 0.1) is 6.92 Å². The van der Waals surface area contributed by atoms with E-state index in [1.165, 1.54) is 22.4 Å². The average Bonchev–Trinajstić information content (AvgIpc) is 2.80. The summed E-state index contributed by atoms with van der Waals surface area (Å²) < 4.78 is 0. The van der Waals surface area contributed by atoms with Crippen LogP contribution < -0.4 is 5.32 Å². The number of aryl methyl sites for hydroxylation is 1. The third kappa shape index (κ3) is 2.34. The van der Waals surface area contributed by atoms with Gasteiger partial charge in [0.25, 0.3) is 0 Å². The number of rotatable bonds is 4. The van der Waals surface area contributed by atoms with Gasteiger partial charge in [0.15, 0.2) is 0 Å². The van der Waals surface area contributed by atoms with E-state index in [0.29, 0.717) is 0 Å². The molecule has 2 heteroatoms. The predicted molar refractivity (Wildman–Crippen MR) is 68.3 cm³/mol. The molecule has 0 amide bonds. The molecule has 0 fully saturated rings. The van der Waals surface area contributed by atoms with Crippen LogP contribution in [0.5, 0.6) is 0 Å². The van der Waals surface area contributed by atoms with Gasteiger partial charge in [-0.2, -0.15) is 0 Å². The molecule has 1 aromatic carbocycles. The van der Waals surface area contributed by atoms with Gasteiger partial charge in [-0.05, 0) is 36.7 Å². The van der Waals surface area contributed by atoms with E-state index in [9.17, 15) is 0 Å². The van der Waals surface area contributed by atoms with Crippen molar-refractivity contribution in [1.82, 2.24) is 10.3 Å². The molecule has 0 aliphatic carbocycles. The van der Waals surface area contributed by atoms with Crippen molar-refractivity contribution in [3.05, 3.63) is 47.7 Å². The van der Waals surface area contributed by atoms with Crippen molar-refractivity contribution in [2.75, 3.05) is 6.54 Å². The van der Waals surface area contributed by atoms with Gasteiger partial charge < -0.3 is 10.3 Å². The third-order valence-corrected chi connectivity index (χ3v) is 2.76. The Morgan fingerprint density at radius 2 is 2.12 bits per heavy atom. The van der Waals surface area contributed by atoms with Gasteiger partial charge in [0.1, 0.15) is 0 Å². The van der Waals surface area contributed by atoms with Gasteiger partial charge in [-0.1, -0.05) is 25.1 Å². The van der Waals surface area contributed by atoms with Crippen molar-refractivity contribution >= 4 is 0 Å². The number of hydrogen-bond acceptors (Lipinski definition) is 1. The molecule has 2 aromatic rings. The maximum absolute atomic E-state index is 3.34. The molecule has 1 aromatic heterocycles. The van der Waals surface area contributed by atoms with E-state index < -0.39 is 0 Å². The van der Waals surface area contributed by atoms with Crippen molar-refractivity contribution < 1.29 is 0 Å². The number of nitrogens with one attached hydrogen (secondary N) is 2.